The summed E-state index contributed by atoms with van der Waals surface area (Å²) in [6, 6.07) is 10.5. The molecular weight excluding hydrogens is 193 g/mol. The van der Waals surface area contributed by atoms with Gasteiger partial charge in [-0.15, -0.1) is 0 Å². The van der Waals surface area contributed by atoms with Crippen LogP contribution in [0.15, 0.2) is 30.3 Å². The van der Waals surface area contributed by atoms with Crippen molar-refractivity contribution in [3.8, 4) is 0 Å². The average molecular weight is 209 g/mol. The molecule has 1 aliphatic rings. The summed E-state index contributed by atoms with van der Waals surface area (Å²) in [4.78, 5) is 2.39. The molecule has 1 saturated heterocycles. The van der Waals surface area contributed by atoms with Gasteiger partial charge in [0, 0.05) is 32.0 Å². The Balaban J connectivity index is 1.89. The monoisotopic (exact) mass is 209 g/mol. The van der Waals surface area contributed by atoms with Gasteiger partial charge in [0.15, 0.2) is 0 Å². The molecule has 2 rings (SSSR count). The number of hydrogen-bond donors (Lipinski definition) is 0. The van der Waals surface area contributed by atoms with Gasteiger partial charge in [-0.3, -0.25) is 4.90 Å². The fraction of sp³-hybridized carbons (Fsp3) is 0.455. The molecule has 76 valence electrons. The van der Waals surface area contributed by atoms with Gasteiger partial charge in [-0.25, -0.2) is 0 Å². The second-order valence-corrected chi connectivity index (χ2v) is 5.88. The lowest BCUT2D eigenvalue weighted by molar-refractivity contribution is 0.289. The van der Waals surface area contributed by atoms with Crippen LogP contribution in [0.1, 0.15) is 5.56 Å². The summed E-state index contributed by atoms with van der Waals surface area (Å²) in [5, 5.41) is 0. The van der Waals surface area contributed by atoms with Crippen molar-refractivity contribution < 1.29 is 4.57 Å². The predicted octanol–water partition coefficient (Wildman–Crippen LogP) is 2.06. The molecular formula is C11H16NOP. The number of hydrogen-bond acceptors (Lipinski definition) is 2. The van der Waals surface area contributed by atoms with Crippen molar-refractivity contribution in [2.45, 2.75) is 6.54 Å². The van der Waals surface area contributed by atoms with Crippen LogP contribution in [0.2, 0.25) is 0 Å². The van der Waals surface area contributed by atoms with E-state index in [0.717, 1.165) is 32.0 Å². The zero-order chi connectivity index (χ0) is 9.80. The minimum absolute atomic E-state index is 0.914. The minimum atomic E-state index is -1.21. The molecule has 0 saturated carbocycles. The Morgan fingerprint density at radius 1 is 1.14 bits per heavy atom. The standard InChI is InChI=1S/C11H16NOP/c13-14-8-6-12(7-9-14)10-11-4-2-1-3-5-11/h1-5,14H,6-10H2. The number of benzene rings is 1. The first-order valence-electron chi connectivity index (χ1n) is 5.12. The second-order valence-electron chi connectivity index (χ2n) is 3.80. The molecule has 0 unspecified atom stereocenters. The average Bonchev–Trinajstić information content (AvgIpc) is 2.23. The molecule has 0 amide bonds. The van der Waals surface area contributed by atoms with E-state index in [2.05, 4.69) is 29.2 Å². The van der Waals surface area contributed by atoms with Gasteiger partial charge < -0.3 is 4.57 Å². The van der Waals surface area contributed by atoms with Crippen molar-refractivity contribution in [2.24, 2.45) is 0 Å². The predicted molar refractivity (Wildman–Crippen MR) is 60.5 cm³/mol. The van der Waals surface area contributed by atoms with Crippen LogP contribution in [0.3, 0.4) is 0 Å². The van der Waals surface area contributed by atoms with E-state index in [4.69, 9.17) is 0 Å². The van der Waals surface area contributed by atoms with Gasteiger partial charge in [0.05, 0.1) is 7.80 Å². The Morgan fingerprint density at radius 2 is 1.79 bits per heavy atom. The van der Waals surface area contributed by atoms with Gasteiger partial charge in [-0.2, -0.15) is 0 Å². The molecule has 1 aromatic carbocycles. The third kappa shape index (κ3) is 2.70. The van der Waals surface area contributed by atoms with E-state index < -0.39 is 7.80 Å². The van der Waals surface area contributed by atoms with Gasteiger partial charge >= 0.3 is 0 Å². The smallest absolute Gasteiger partial charge is 0.0787 e. The Morgan fingerprint density at radius 3 is 2.43 bits per heavy atom. The van der Waals surface area contributed by atoms with Crippen LogP contribution < -0.4 is 0 Å². The molecule has 0 bridgehead atoms. The molecule has 14 heavy (non-hydrogen) atoms. The van der Waals surface area contributed by atoms with E-state index in [0.29, 0.717) is 0 Å². The summed E-state index contributed by atoms with van der Waals surface area (Å²) in [6.07, 6.45) is 1.83. The number of rotatable bonds is 2. The van der Waals surface area contributed by atoms with Crippen LogP contribution in [0, 0.1) is 0 Å². The highest BCUT2D eigenvalue weighted by Crippen LogP contribution is 2.24. The first-order chi connectivity index (χ1) is 6.84. The van der Waals surface area contributed by atoms with E-state index in [1.54, 1.807) is 0 Å². The van der Waals surface area contributed by atoms with Crippen molar-refractivity contribution >= 4 is 7.80 Å². The van der Waals surface area contributed by atoms with Gasteiger partial charge in [0.25, 0.3) is 0 Å². The zero-order valence-corrected chi connectivity index (χ0v) is 9.28. The topological polar surface area (TPSA) is 20.3 Å². The molecule has 1 heterocycles. The molecule has 0 N–H and O–H groups in total. The highest BCUT2D eigenvalue weighted by Gasteiger charge is 2.14. The fourth-order valence-electron chi connectivity index (χ4n) is 1.80. The van der Waals surface area contributed by atoms with Gasteiger partial charge in [0.1, 0.15) is 0 Å². The summed E-state index contributed by atoms with van der Waals surface area (Å²) in [6.45, 7) is 3.02. The Kier molecular flexibility index (Phi) is 3.39. The van der Waals surface area contributed by atoms with Crippen molar-refractivity contribution in [2.75, 3.05) is 25.4 Å². The first-order valence-corrected chi connectivity index (χ1v) is 6.95. The molecule has 0 spiro atoms. The summed E-state index contributed by atoms with van der Waals surface area (Å²) in [5.74, 6) is 0. The Bertz CT molecular complexity index is 302. The summed E-state index contributed by atoms with van der Waals surface area (Å²) in [5.41, 5.74) is 1.36. The molecule has 1 fully saturated rings. The van der Waals surface area contributed by atoms with Crippen molar-refractivity contribution in [1.82, 2.24) is 4.90 Å². The van der Waals surface area contributed by atoms with Crippen molar-refractivity contribution in [3.05, 3.63) is 35.9 Å². The normalized spacial score (nSPS) is 19.7. The lowest BCUT2D eigenvalue weighted by Gasteiger charge is -2.26. The lowest BCUT2D eigenvalue weighted by Crippen LogP contribution is -2.31. The van der Waals surface area contributed by atoms with E-state index in [9.17, 15) is 4.57 Å². The third-order valence-electron chi connectivity index (χ3n) is 2.66. The van der Waals surface area contributed by atoms with E-state index in [1.807, 2.05) is 6.07 Å². The highest BCUT2D eigenvalue weighted by atomic mass is 31.1. The van der Waals surface area contributed by atoms with E-state index in [-0.39, 0.29) is 0 Å². The highest BCUT2D eigenvalue weighted by molar-refractivity contribution is 7.44. The van der Waals surface area contributed by atoms with Crippen LogP contribution in [-0.2, 0) is 11.1 Å². The summed E-state index contributed by atoms with van der Waals surface area (Å²) < 4.78 is 11.2. The molecule has 0 atom stereocenters. The van der Waals surface area contributed by atoms with Crippen LogP contribution in [0.5, 0.6) is 0 Å². The third-order valence-corrected chi connectivity index (χ3v) is 4.23. The van der Waals surface area contributed by atoms with Gasteiger partial charge in [0.2, 0.25) is 0 Å². The van der Waals surface area contributed by atoms with Crippen LogP contribution >= 0.6 is 7.80 Å². The maximum absolute atomic E-state index is 11.2. The molecule has 0 aromatic heterocycles. The molecule has 1 aromatic rings. The van der Waals surface area contributed by atoms with Gasteiger partial charge in [-0.1, -0.05) is 30.3 Å². The first kappa shape index (κ1) is 9.95. The minimum Gasteiger partial charge on any atom is -0.327 e. The molecule has 0 radical (unpaired) electrons. The second kappa shape index (κ2) is 4.77. The summed E-state index contributed by atoms with van der Waals surface area (Å²) >= 11 is 0. The summed E-state index contributed by atoms with van der Waals surface area (Å²) in [7, 11) is -1.21. The SMILES string of the molecule is O=[PH]1CCN(Cc2ccccc2)CC1. The number of nitrogens with zero attached hydrogens (tertiary/aromatic N) is 1. The zero-order valence-electron chi connectivity index (χ0n) is 8.28. The molecule has 3 heteroatoms. The maximum Gasteiger partial charge on any atom is 0.0787 e. The van der Waals surface area contributed by atoms with Crippen LogP contribution in [0.4, 0.5) is 0 Å². The van der Waals surface area contributed by atoms with Crippen molar-refractivity contribution in [1.29, 1.82) is 0 Å². The quantitative estimate of drug-likeness (QED) is 0.695. The molecule has 2 nitrogen and oxygen atoms in total. The Labute approximate surface area is 85.7 Å². The fourth-order valence-corrected chi connectivity index (χ4v) is 3.18. The molecule has 1 aliphatic heterocycles. The van der Waals surface area contributed by atoms with Crippen LogP contribution in [-0.4, -0.2) is 30.3 Å². The maximum atomic E-state index is 11.2. The molecule has 0 aliphatic carbocycles. The van der Waals surface area contributed by atoms with E-state index >= 15 is 0 Å². The largest absolute Gasteiger partial charge is 0.327 e. The lowest BCUT2D eigenvalue weighted by atomic mass is 10.2. The van der Waals surface area contributed by atoms with E-state index in [1.165, 1.54) is 5.56 Å². The van der Waals surface area contributed by atoms with Crippen molar-refractivity contribution in [3.63, 3.8) is 0 Å². The van der Waals surface area contributed by atoms with Crippen LogP contribution in [0.25, 0.3) is 0 Å². The Hall–Kier alpha value is -0.590. The van der Waals surface area contributed by atoms with Gasteiger partial charge in [-0.05, 0) is 5.56 Å².